The van der Waals surface area contributed by atoms with Crippen LogP contribution in [0.1, 0.15) is 57.8 Å². The Morgan fingerprint density at radius 2 is 2.03 bits per heavy atom. The van der Waals surface area contributed by atoms with Crippen molar-refractivity contribution >= 4 is 17.7 Å². The Morgan fingerprint density at radius 1 is 1.33 bits per heavy atom. The van der Waals surface area contributed by atoms with Gasteiger partial charge in [0.2, 0.25) is 5.91 Å². The zero-order valence-corrected chi connectivity index (χ0v) is 19.9. The molecule has 0 radical (unpaired) electrons. The summed E-state index contributed by atoms with van der Waals surface area (Å²) in [6.45, 7) is 16.1. The van der Waals surface area contributed by atoms with Gasteiger partial charge in [-0.05, 0) is 72.3 Å². The van der Waals surface area contributed by atoms with Crippen LogP contribution in [0, 0.1) is 19.8 Å². The standard InChI is InChI=1S/C24H36N4OS/c1-15(2)20-9-7-19(8-10-20)13-28-14-21(12-22(28)23(29)25-16(3)4)30-24-26-17(5)11-18(6)27-24/h7,11,16,20-22H,1,8-10,12-14H2,2-6H3,(H,25,29)/t20-,21+,22+/m1/s1. The highest BCUT2D eigenvalue weighted by molar-refractivity contribution is 7.99. The predicted octanol–water partition coefficient (Wildman–Crippen LogP) is 4.46. The number of rotatable bonds is 7. The first-order valence-electron chi connectivity index (χ1n) is 11.1. The van der Waals surface area contributed by atoms with Gasteiger partial charge in [-0.25, -0.2) is 9.97 Å². The molecule has 1 fully saturated rings. The molecular weight excluding hydrogens is 392 g/mol. The van der Waals surface area contributed by atoms with Crippen molar-refractivity contribution in [2.24, 2.45) is 5.92 Å². The fraction of sp³-hybridized carbons (Fsp3) is 0.625. The average molecular weight is 429 g/mol. The maximum Gasteiger partial charge on any atom is 0.237 e. The van der Waals surface area contributed by atoms with Crippen molar-refractivity contribution in [3.63, 3.8) is 0 Å². The van der Waals surface area contributed by atoms with E-state index in [0.717, 1.165) is 48.9 Å². The second-order valence-corrected chi connectivity index (χ2v) is 10.5. The summed E-state index contributed by atoms with van der Waals surface area (Å²) in [5, 5.41) is 4.27. The van der Waals surface area contributed by atoms with Crippen molar-refractivity contribution in [2.75, 3.05) is 13.1 Å². The molecule has 1 aliphatic carbocycles. The van der Waals surface area contributed by atoms with E-state index < -0.39 is 0 Å². The number of nitrogens with zero attached hydrogens (tertiary/aromatic N) is 3. The molecule has 1 amide bonds. The lowest BCUT2D eigenvalue weighted by Crippen LogP contribution is -2.46. The van der Waals surface area contributed by atoms with Gasteiger partial charge in [-0.3, -0.25) is 9.69 Å². The summed E-state index contributed by atoms with van der Waals surface area (Å²) in [7, 11) is 0. The first kappa shape index (κ1) is 23.0. The minimum Gasteiger partial charge on any atom is -0.353 e. The Labute approximate surface area is 185 Å². The maximum absolute atomic E-state index is 12.9. The monoisotopic (exact) mass is 428 g/mol. The minimum atomic E-state index is -0.0874. The van der Waals surface area contributed by atoms with Gasteiger partial charge in [-0.15, -0.1) is 0 Å². The fourth-order valence-electron chi connectivity index (χ4n) is 4.41. The third-order valence-corrected chi connectivity index (χ3v) is 7.01. The highest BCUT2D eigenvalue weighted by Gasteiger charge is 2.38. The van der Waals surface area contributed by atoms with Gasteiger partial charge in [0.15, 0.2) is 5.16 Å². The van der Waals surface area contributed by atoms with Crippen LogP contribution in [0.5, 0.6) is 0 Å². The topological polar surface area (TPSA) is 58.1 Å². The lowest BCUT2D eigenvalue weighted by Gasteiger charge is -2.28. The average Bonchev–Trinajstić information content (AvgIpc) is 3.03. The molecular formula is C24H36N4OS. The summed E-state index contributed by atoms with van der Waals surface area (Å²) in [4.78, 5) is 24.5. The second kappa shape index (κ2) is 10.1. The molecule has 0 aromatic carbocycles. The van der Waals surface area contributed by atoms with Crippen LogP contribution in [-0.4, -0.2) is 51.2 Å². The summed E-state index contributed by atoms with van der Waals surface area (Å²) in [5.41, 5.74) is 4.73. The molecule has 1 saturated heterocycles. The van der Waals surface area contributed by atoms with Crippen molar-refractivity contribution in [3.8, 4) is 0 Å². The lowest BCUT2D eigenvalue weighted by molar-refractivity contribution is -0.125. The number of thioether (sulfide) groups is 1. The normalized spacial score (nSPS) is 24.7. The molecule has 1 N–H and O–H groups in total. The quantitative estimate of drug-likeness (QED) is 0.513. The van der Waals surface area contributed by atoms with Crippen LogP contribution in [0.3, 0.4) is 0 Å². The van der Waals surface area contributed by atoms with Crippen LogP contribution < -0.4 is 5.32 Å². The molecule has 2 aliphatic rings. The van der Waals surface area contributed by atoms with Crippen LogP contribution in [-0.2, 0) is 4.79 Å². The highest BCUT2D eigenvalue weighted by Crippen LogP contribution is 2.34. The zero-order chi connectivity index (χ0) is 21.8. The number of carbonyl (C=O) groups is 1. The molecule has 0 saturated carbocycles. The van der Waals surface area contributed by atoms with Gasteiger partial charge in [0.1, 0.15) is 0 Å². The molecule has 164 valence electrons. The maximum atomic E-state index is 12.9. The van der Waals surface area contributed by atoms with Gasteiger partial charge < -0.3 is 5.32 Å². The SMILES string of the molecule is C=C(C)[C@@H]1CC=C(CN2C[C@@H](Sc3nc(C)cc(C)n3)C[C@H]2C(=O)NC(C)C)CC1. The third-order valence-electron chi connectivity index (χ3n) is 5.94. The Morgan fingerprint density at radius 3 is 2.60 bits per heavy atom. The highest BCUT2D eigenvalue weighted by atomic mass is 32.2. The zero-order valence-electron chi connectivity index (χ0n) is 19.1. The van der Waals surface area contributed by atoms with E-state index in [0.29, 0.717) is 11.2 Å². The Balaban J connectivity index is 1.70. The molecule has 0 unspecified atom stereocenters. The Bertz CT molecular complexity index is 799. The van der Waals surface area contributed by atoms with Gasteiger partial charge in [0.05, 0.1) is 6.04 Å². The van der Waals surface area contributed by atoms with E-state index in [1.807, 2.05) is 33.8 Å². The molecule has 0 spiro atoms. The number of hydrogen-bond donors (Lipinski definition) is 1. The Hall–Kier alpha value is -1.66. The number of likely N-dealkylation sites (tertiary alicyclic amines) is 1. The van der Waals surface area contributed by atoms with Crippen molar-refractivity contribution < 1.29 is 4.79 Å². The summed E-state index contributed by atoms with van der Waals surface area (Å²) in [6, 6.07) is 2.06. The van der Waals surface area contributed by atoms with Gasteiger partial charge in [0.25, 0.3) is 0 Å². The largest absolute Gasteiger partial charge is 0.353 e. The van der Waals surface area contributed by atoms with Gasteiger partial charge in [0, 0.05) is 35.8 Å². The van der Waals surface area contributed by atoms with E-state index in [-0.39, 0.29) is 18.0 Å². The van der Waals surface area contributed by atoms with Crippen molar-refractivity contribution in [1.82, 2.24) is 20.2 Å². The number of hydrogen-bond acceptors (Lipinski definition) is 5. The first-order chi connectivity index (χ1) is 14.2. The number of aromatic nitrogens is 2. The molecule has 6 heteroatoms. The smallest absolute Gasteiger partial charge is 0.237 e. The molecule has 5 nitrogen and oxygen atoms in total. The van der Waals surface area contributed by atoms with E-state index in [9.17, 15) is 4.79 Å². The number of amides is 1. The van der Waals surface area contributed by atoms with E-state index >= 15 is 0 Å². The van der Waals surface area contributed by atoms with E-state index in [1.54, 1.807) is 11.8 Å². The molecule has 1 aromatic heterocycles. The van der Waals surface area contributed by atoms with Crippen molar-refractivity contribution in [1.29, 1.82) is 0 Å². The molecule has 30 heavy (non-hydrogen) atoms. The second-order valence-electron chi connectivity index (χ2n) is 9.20. The minimum absolute atomic E-state index is 0.0874. The summed E-state index contributed by atoms with van der Waals surface area (Å²) >= 11 is 1.71. The lowest BCUT2D eigenvalue weighted by atomic mass is 9.85. The molecule has 1 aliphatic heterocycles. The van der Waals surface area contributed by atoms with Crippen molar-refractivity contribution in [3.05, 3.63) is 41.3 Å². The molecule has 1 aromatic rings. The third kappa shape index (κ3) is 6.17. The number of nitrogens with one attached hydrogen (secondary N) is 1. The number of carbonyl (C=O) groups excluding carboxylic acids is 1. The molecule has 3 atom stereocenters. The summed E-state index contributed by atoms with van der Waals surface area (Å²) in [6.07, 6.45) is 6.57. The van der Waals surface area contributed by atoms with Crippen LogP contribution in [0.25, 0.3) is 0 Å². The molecule has 3 rings (SSSR count). The predicted molar refractivity (Wildman–Crippen MR) is 125 cm³/mol. The van der Waals surface area contributed by atoms with Crippen LogP contribution in [0.4, 0.5) is 0 Å². The number of allylic oxidation sites excluding steroid dienone is 2. The van der Waals surface area contributed by atoms with Gasteiger partial charge >= 0.3 is 0 Å². The first-order valence-corrected chi connectivity index (χ1v) is 12.0. The van der Waals surface area contributed by atoms with Gasteiger partial charge in [-0.1, -0.05) is 35.6 Å². The Kier molecular flexibility index (Phi) is 7.75. The van der Waals surface area contributed by atoms with E-state index in [1.165, 1.54) is 17.6 Å². The van der Waals surface area contributed by atoms with E-state index in [4.69, 9.17) is 0 Å². The fourth-order valence-corrected chi connectivity index (χ4v) is 5.65. The number of aryl methyl sites for hydroxylation is 2. The van der Waals surface area contributed by atoms with Crippen LogP contribution >= 0.6 is 11.8 Å². The van der Waals surface area contributed by atoms with E-state index in [2.05, 4.69) is 39.8 Å². The summed E-state index contributed by atoms with van der Waals surface area (Å²) < 4.78 is 0. The van der Waals surface area contributed by atoms with Crippen LogP contribution in [0.2, 0.25) is 0 Å². The summed E-state index contributed by atoms with van der Waals surface area (Å²) in [5.74, 6) is 0.753. The molecule has 2 heterocycles. The van der Waals surface area contributed by atoms with Crippen molar-refractivity contribution in [2.45, 2.75) is 82.8 Å². The van der Waals surface area contributed by atoms with Gasteiger partial charge in [-0.2, -0.15) is 0 Å². The van der Waals surface area contributed by atoms with Crippen LogP contribution in [0.15, 0.2) is 35.0 Å². The molecule has 0 bridgehead atoms.